The van der Waals surface area contributed by atoms with E-state index in [1.165, 1.54) is 17.7 Å². The van der Waals surface area contributed by atoms with Crippen molar-refractivity contribution in [2.24, 2.45) is 0 Å². The van der Waals surface area contributed by atoms with Gasteiger partial charge in [0.2, 0.25) is 5.76 Å². The third-order valence-electron chi connectivity index (χ3n) is 2.58. The molecule has 0 radical (unpaired) electrons. The Morgan fingerprint density at radius 2 is 2.17 bits per heavy atom. The molecule has 0 aliphatic heterocycles. The largest absolute Gasteiger partial charge is 0.463 e. The number of ether oxygens (including phenoxy) is 1. The molecule has 0 amide bonds. The molecule has 5 heteroatoms. The Labute approximate surface area is 104 Å². The Kier molecular flexibility index (Phi) is 3.32. The van der Waals surface area contributed by atoms with Crippen LogP contribution in [0.3, 0.4) is 0 Å². The smallest absolute Gasteiger partial charge is 0.373 e. The van der Waals surface area contributed by atoms with Gasteiger partial charge in [-0.2, -0.15) is 0 Å². The van der Waals surface area contributed by atoms with E-state index in [0.717, 1.165) is 0 Å². The van der Waals surface area contributed by atoms with E-state index in [1.54, 1.807) is 31.3 Å². The van der Waals surface area contributed by atoms with Crippen molar-refractivity contribution in [1.29, 1.82) is 0 Å². The van der Waals surface area contributed by atoms with E-state index in [-0.39, 0.29) is 17.9 Å². The fourth-order valence-corrected chi connectivity index (χ4v) is 1.62. The van der Waals surface area contributed by atoms with Crippen molar-refractivity contribution in [3.05, 3.63) is 57.9 Å². The van der Waals surface area contributed by atoms with Crippen LogP contribution in [0.2, 0.25) is 0 Å². The molecule has 94 valence electrons. The van der Waals surface area contributed by atoms with E-state index in [4.69, 9.17) is 4.42 Å². The highest BCUT2D eigenvalue weighted by Crippen LogP contribution is 2.10. The summed E-state index contributed by atoms with van der Waals surface area (Å²) in [5.74, 6) is 0.133. The first-order chi connectivity index (χ1) is 8.61. The number of carbonyl (C=O) groups is 1. The third-order valence-corrected chi connectivity index (χ3v) is 2.58. The first kappa shape index (κ1) is 12.2. The van der Waals surface area contributed by atoms with E-state index in [1.807, 2.05) is 0 Å². The Bertz CT molecular complexity index is 624. The fraction of sp³-hybridized carbons (Fsp3) is 0.231. The normalized spacial score (nSPS) is 10.3. The van der Waals surface area contributed by atoms with Gasteiger partial charge in [-0.1, -0.05) is 6.07 Å². The molecule has 0 bridgehead atoms. The van der Waals surface area contributed by atoms with Crippen LogP contribution in [0.25, 0.3) is 0 Å². The molecule has 2 rings (SSSR count). The predicted octanol–water partition coefficient (Wildman–Crippen LogP) is 1.58. The molecule has 0 spiro atoms. The van der Waals surface area contributed by atoms with Gasteiger partial charge in [0.1, 0.15) is 5.76 Å². The van der Waals surface area contributed by atoms with Crippen LogP contribution in [0.15, 0.2) is 39.7 Å². The van der Waals surface area contributed by atoms with Crippen molar-refractivity contribution in [3.63, 3.8) is 0 Å². The summed E-state index contributed by atoms with van der Waals surface area (Å²) >= 11 is 0. The molecule has 0 N–H and O–H groups in total. The molecular formula is C13H13NO4. The van der Waals surface area contributed by atoms with Gasteiger partial charge in [-0.25, -0.2) is 4.79 Å². The van der Waals surface area contributed by atoms with E-state index in [9.17, 15) is 9.59 Å². The monoisotopic (exact) mass is 247 g/mol. The Morgan fingerprint density at radius 1 is 1.39 bits per heavy atom. The second kappa shape index (κ2) is 4.91. The van der Waals surface area contributed by atoms with Crippen LogP contribution in [-0.4, -0.2) is 17.6 Å². The summed E-state index contributed by atoms with van der Waals surface area (Å²) in [6.07, 6.45) is 1.68. The number of methoxy groups -OCH3 is 1. The molecule has 0 saturated heterocycles. The minimum absolute atomic E-state index is 0.0754. The number of aromatic nitrogens is 1. The van der Waals surface area contributed by atoms with Crippen molar-refractivity contribution in [1.82, 2.24) is 4.57 Å². The van der Waals surface area contributed by atoms with Gasteiger partial charge in [0.25, 0.3) is 5.56 Å². The molecule has 0 unspecified atom stereocenters. The zero-order chi connectivity index (χ0) is 13.1. The van der Waals surface area contributed by atoms with E-state index in [0.29, 0.717) is 11.3 Å². The van der Waals surface area contributed by atoms with E-state index in [2.05, 4.69) is 4.74 Å². The summed E-state index contributed by atoms with van der Waals surface area (Å²) in [6, 6.07) is 6.73. The van der Waals surface area contributed by atoms with Gasteiger partial charge in [0, 0.05) is 11.8 Å². The topological polar surface area (TPSA) is 61.4 Å². The second-order valence-corrected chi connectivity index (χ2v) is 3.88. The molecule has 0 atom stereocenters. The van der Waals surface area contributed by atoms with Crippen LogP contribution in [0.4, 0.5) is 0 Å². The molecule has 0 aromatic carbocycles. The van der Waals surface area contributed by atoms with Gasteiger partial charge in [-0.3, -0.25) is 4.79 Å². The number of esters is 1. The maximum atomic E-state index is 11.8. The maximum Gasteiger partial charge on any atom is 0.373 e. The lowest BCUT2D eigenvalue weighted by Crippen LogP contribution is -2.21. The van der Waals surface area contributed by atoms with Crippen molar-refractivity contribution in [2.45, 2.75) is 13.5 Å². The molecule has 2 aromatic heterocycles. The van der Waals surface area contributed by atoms with Gasteiger partial charge in [0.15, 0.2) is 0 Å². The lowest BCUT2D eigenvalue weighted by atomic mass is 10.3. The minimum Gasteiger partial charge on any atom is -0.463 e. The summed E-state index contributed by atoms with van der Waals surface area (Å²) in [5, 5.41) is 0. The zero-order valence-electron chi connectivity index (χ0n) is 10.2. The average molecular weight is 247 g/mol. The van der Waals surface area contributed by atoms with Crippen molar-refractivity contribution >= 4 is 5.97 Å². The molecule has 0 fully saturated rings. The number of aryl methyl sites for hydroxylation is 1. The van der Waals surface area contributed by atoms with Gasteiger partial charge < -0.3 is 13.7 Å². The number of hydrogen-bond donors (Lipinski definition) is 0. The first-order valence-electron chi connectivity index (χ1n) is 5.45. The predicted molar refractivity (Wildman–Crippen MR) is 64.6 cm³/mol. The summed E-state index contributed by atoms with van der Waals surface area (Å²) in [5.41, 5.74) is 0.589. The quantitative estimate of drug-likeness (QED) is 0.773. The zero-order valence-corrected chi connectivity index (χ0v) is 10.2. The van der Waals surface area contributed by atoms with Gasteiger partial charge >= 0.3 is 5.97 Å². The van der Waals surface area contributed by atoms with Crippen molar-refractivity contribution < 1.29 is 13.9 Å². The number of carbonyl (C=O) groups excluding carboxylic acids is 1. The van der Waals surface area contributed by atoms with Crippen LogP contribution in [-0.2, 0) is 11.3 Å². The number of hydrogen-bond acceptors (Lipinski definition) is 4. The highest BCUT2D eigenvalue weighted by atomic mass is 16.5. The fourth-order valence-electron chi connectivity index (χ4n) is 1.62. The third kappa shape index (κ3) is 2.34. The van der Waals surface area contributed by atoms with Crippen LogP contribution >= 0.6 is 0 Å². The summed E-state index contributed by atoms with van der Waals surface area (Å²) in [7, 11) is 1.29. The average Bonchev–Trinajstić information content (AvgIpc) is 2.82. The van der Waals surface area contributed by atoms with Crippen LogP contribution < -0.4 is 5.56 Å². The first-order valence-corrected chi connectivity index (χ1v) is 5.45. The van der Waals surface area contributed by atoms with Gasteiger partial charge in [-0.05, 0) is 25.1 Å². The Balaban J connectivity index is 2.24. The van der Waals surface area contributed by atoms with E-state index < -0.39 is 5.97 Å². The number of rotatable bonds is 3. The van der Waals surface area contributed by atoms with Crippen molar-refractivity contribution in [3.8, 4) is 0 Å². The Hall–Kier alpha value is -2.30. The number of nitrogens with zero attached hydrogens (tertiary/aromatic N) is 1. The van der Waals surface area contributed by atoms with Crippen LogP contribution in [0.5, 0.6) is 0 Å². The molecule has 0 saturated carbocycles. The van der Waals surface area contributed by atoms with Crippen molar-refractivity contribution in [2.75, 3.05) is 7.11 Å². The lowest BCUT2D eigenvalue weighted by Gasteiger charge is -2.03. The maximum absolute atomic E-state index is 11.8. The number of furan rings is 1. The molecule has 0 aliphatic carbocycles. The second-order valence-electron chi connectivity index (χ2n) is 3.88. The SMILES string of the molecule is COC(=O)c1ccc(Cn2cccc(C)c2=O)o1. The lowest BCUT2D eigenvalue weighted by molar-refractivity contribution is 0.0563. The molecule has 18 heavy (non-hydrogen) atoms. The Morgan fingerprint density at radius 3 is 2.89 bits per heavy atom. The highest BCUT2D eigenvalue weighted by molar-refractivity contribution is 5.86. The molecule has 2 heterocycles. The van der Waals surface area contributed by atoms with E-state index >= 15 is 0 Å². The van der Waals surface area contributed by atoms with Crippen LogP contribution in [0, 0.1) is 6.92 Å². The molecular weight excluding hydrogens is 234 g/mol. The summed E-state index contributed by atoms with van der Waals surface area (Å²) < 4.78 is 11.4. The van der Waals surface area contributed by atoms with Gasteiger partial charge in [-0.15, -0.1) is 0 Å². The minimum atomic E-state index is -0.530. The van der Waals surface area contributed by atoms with Gasteiger partial charge in [0.05, 0.1) is 13.7 Å². The summed E-state index contributed by atoms with van der Waals surface area (Å²) in [6.45, 7) is 2.04. The number of pyridine rings is 1. The molecule has 2 aromatic rings. The highest BCUT2D eigenvalue weighted by Gasteiger charge is 2.11. The molecule has 0 aliphatic rings. The molecule has 5 nitrogen and oxygen atoms in total. The standard InChI is InChI=1S/C13H13NO4/c1-9-4-3-7-14(12(9)15)8-10-5-6-11(18-10)13(16)17-2/h3-7H,8H2,1-2H3. The van der Waals surface area contributed by atoms with Crippen LogP contribution in [0.1, 0.15) is 21.9 Å². The summed E-state index contributed by atoms with van der Waals surface area (Å²) in [4.78, 5) is 23.0.